The Balaban J connectivity index is 1.99. The normalized spacial score (nSPS) is 19.1. The Hall–Kier alpha value is -1.75. The summed E-state index contributed by atoms with van der Waals surface area (Å²) in [7, 11) is 0. The average molecular weight is 317 g/mol. The highest BCUT2D eigenvalue weighted by Crippen LogP contribution is 2.31. The molecule has 22 heavy (non-hydrogen) atoms. The van der Waals surface area contributed by atoms with E-state index in [1.54, 1.807) is 0 Å². The van der Waals surface area contributed by atoms with Gasteiger partial charge < -0.3 is 5.32 Å². The lowest BCUT2D eigenvalue weighted by atomic mass is 9.76. The van der Waals surface area contributed by atoms with Crippen LogP contribution in [0.2, 0.25) is 0 Å². The van der Waals surface area contributed by atoms with E-state index in [4.69, 9.17) is 12.2 Å². The van der Waals surface area contributed by atoms with Crippen molar-refractivity contribution in [2.45, 2.75) is 47.0 Å². The van der Waals surface area contributed by atoms with Crippen molar-refractivity contribution >= 4 is 34.5 Å². The fourth-order valence-corrected chi connectivity index (χ4v) is 2.89. The van der Waals surface area contributed by atoms with Gasteiger partial charge in [-0.25, -0.2) is 0 Å². The number of carbonyl (C=O) groups excluding carboxylic acids is 1. The summed E-state index contributed by atoms with van der Waals surface area (Å²) >= 11 is 5.28. The molecule has 1 aliphatic rings. The van der Waals surface area contributed by atoms with Crippen LogP contribution in [0.25, 0.3) is 0 Å². The van der Waals surface area contributed by atoms with Crippen LogP contribution in [0, 0.1) is 19.3 Å². The molecule has 1 aromatic carbocycles. The molecule has 0 saturated heterocycles. The van der Waals surface area contributed by atoms with Crippen LogP contribution in [-0.4, -0.2) is 16.6 Å². The van der Waals surface area contributed by atoms with Crippen LogP contribution in [0.1, 0.15) is 44.2 Å². The van der Waals surface area contributed by atoms with Crippen LogP contribution in [0.15, 0.2) is 23.3 Å². The van der Waals surface area contributed by atoms with Crippen LogP contribution in [0.4, 0.5) is 5.69 Å². The van der Waals surface area contributed by atoms with Gasteiger partial charge in [-0.05, 0) is 55.1 Å². The summed E-state index contributed by atoms with van der Waals surface area (Å²) in [5.41, 5.74) is 6.97. The molecule has 4 nitrogen and oxygen atoms in total. The number of ketones is 1. The molecule has 0 spiro atoms. The molecular weight excluding hydrogens is 294 g/mol. The molecule has 0 unspecified atom stereocenters. The Morgan fingerprint density at radius 2 is 2.00 bits per heavy atom. The number of Topliss-reactive ketones (excluding diaryl/α,β-unsaturated/α-hetero) is 1. The van der Waals surface area contributed by atoms with Crippen molar-refractivity contribution in [3.63, 3.8) is 0 Å². The molecule has 0 heterocycles. The van der Waals surface area contributed by atoms with Gasteiger partial charge in [0.15, 0.2) is 5.11 Å². The predicted molar refractivity (Wildman–Crippen MR) is 95.3 cm³/mol. The number of aryl methyl sites for hydroxylation is 2. The van der Waals surface area contributed by atoms with Crippen molar-refractivity contribution in [1.29, 1.82) is 0 Å². The summed E-state index contributed by atoms with van der Waals surface area (Å²) in [5.74, 6) is 0.241. The topological polar surface area (TPSA) is 53.5 Å². The smallest absolute Gasteiger partial charge is 0.191 e. The molecule has 0 bridgehead atoms. The Bertz CT molecular complexity index is 635. The number of hydrazone groups is 1. The molecular formula is C17H23N3OS. The van der Waals surface area contributed by atoms with E-state index in [1.807, 2.05) is 19.9 Å². The van der Waals surface area contributed by atoms with Gasteiger partial charge in [0.05, 0.1) is 0 Å². The average Bonchev–Trinajstić information content (AvgIpc) is 2.38. The molecule has 0 radical (unpaired) electrons. The van der Waals surface area contributed by atoms with Crippen LogP contribution in [0.3, 0.4) is 0 Å². The molecule has 1 fully saturated rings. The summed E-state index contributed by atoms with van der Waals surface area (Å²) in [6, 6.07) is 6.16. The molecule has 1 aliphatic carbocycles. The lowest BCUT2D eigenvalue weighted by Crippen LogP contribution is -2.32. The number of hydrogen-bond acceptors (Lipinski definition) is 3. The number of nitrogens with zero attached hydrogens (tertiary/aromatic N) is 1. The molecule has 5 heteroatoms. The Morgan fingerprint density at radius 3 is 2.68 bits per heavy atom. The lowest BCUT2D eigenvalue weighted by molar-refractivity contribution is -0.120. The summed E-state index contributed by atoms with van der Waals surface area (Å²) in [5, 5.41) is 7.91. The standard InChI is InChI=1S/C17H23N3OS/c1-11-5-6-12(2)15(7-11)18-16(22)20-19-13-8-14(21)10-17(3,4)9-13/h5-7H,8-10H2,1-4H3,(H2,18,20,22). The van der Waals surface area contributed by atoms with E-state index in [2.05, 4.69) is 41.8 Å². The maximum absolute atomic E-state index is 11.7. The first kappa shape index (κ1) is 16.6. The van der Waals surface area contributed by atoms with Gasteiger partial charge in [-0.15, -0.1) is 0 Å². The number of anilines is 1. The zero-order valence-electron chi connectivity index (χ0n) is 13.6. The number of hydrogen-bond donors (Lipinski definition) is 2. The SMILES string of the molecule is Cc1ccc(C)c(NC(=S)NN=C2CC(=O)CC(C)(C)C2)c1. The molecule has 2 rings (SSSR count). The number of rotatable bonds is 2. The number of nitrogens with one attached hydrogen (secondary N) is 2. The monoisotopic (exact) mass is 317 g/mol. The summed E-state index contributed by atoms with van der Waals surface area (Å²) in [4.78, 5) is 11.7. The molecule has 1 saturated carbocycles. The van der Waals surface area contributed by atoms with Gasteiger partial charge in [-0.2, -0.15) is 5.10 Å². The first-order valence-electron chi connectivity index (χ1n) is 7.46. The summed E-state index contributed by atoms with van der Waals surface area (Å²) in [6.07, 6.45) is 1.86. The van der Waals surface area contributed by atoms with E-state index in [-0.39, 0.29) is 11.2 Å². The van der Waals surface area contributed by atoms with E-state index in [1.165, 1.54) is 5.56 Å². The van der Waals surface area contributed by atoms with Crippen molar-refractivity contribution < 1.29 is 4.79 Å². The first-order valence-corrected chi connectivity index (χ1v) is 7.87. The summed E-state index contributed by atoms with van der Waals surface area (Å²) in [6.45, 7) is 8.24. The third kappa shape index (κ3) is 4.63. The quantitative estimate of drug-likeness (QED) is 0.645. The fraction of sp³-hybridized carbons (Fsp3) is 0.471. The van der Waals surface area contributed by atoms with Gasteiger partial charge in [0, 0.05) is 24.2 Å². The highest BCUT2D eigenvalue weighted by molar-refractivity contribution is 7.80. The van der Waals surface area contributed by atoms with Gasteiger partial charge in [0.2, 0.25) is 0 Å². The van der Waals surface area contributed by atoms with Gasteiger partial charge in [-0.1, -0.05) is 26.0 Å². The molecule has 0 aromatic heterocycles. The second-order valence-corrected chi connectivity index (χ2v) is 7.20. The maximum Gasteiger partial charge on any atom is 0.191 e. The highest BCUT2D eigenvalue weighted by atomic mass is 32.1. The maximum atomic E-state index is 11.7. The molecule has 0 amide bonds. The molecule has 0 aliphatic heterocycles. The zero-order chi connectivity index (χ0) is 16.3. The minimum Gasteiger partial charge on any atom is -0.331 e. The van der Waals surface area contributed by atoms with Crippen molar-refractivity contribution in [2.75, 3.05) is 5.32 Å². The van der Waals surface area contributed by atoms with E-state index < -0.39 is 0 Å². The van der Waals surface area contributed by atoms with E-state index in [9.17, 15) is 4.79 Å². The largest absolute Gasteiger partial charge is 0.331 e. The first-order chi connectivity index (χ1) is 10.2. The van der Waals surface area contributed by atoms with Crippen LogP contribution in [0.5, 0.6) is 0 Å². The molecule has 0 atom stereocenters. The summed E-state index contributed by atoms with van der Waals surface area (Å²) < 4.78 is 0. The Kier molecular flexibility index (Phi) is 4.96. The van der Waals surface area contributed by atoms with Gasteiger partial charge in [0.1, 0.15) is 5.78 Å². The number of carbonyl (C=O) groups is 1. The van der Waals surface area contributed by atoms with Crippen LogP contribution in [-0.2, 0) is 4.79 Å². The van der Waals surface area contributed by atoms with Gasteiger partial charge in [0.25, 0.3) is 0 Å². The second kappa shape index (κ2) is 6.57. The zero-order valence-corrected chi connectivity index (χ0v) is 14.4. The Morgan fingerprint density at radius 1 is 1.27 bits per heavy atom. The third-order valence-electron chi connectivity index (χ3n) is 3.72. The minimum absolute atomic E-state index is 0.0158. The minimum atomic E-state index is -0.0158. The van der Waals surface area contributed by atoms with Crippen molar-refractivity contribution in [3.8, 4) is 0 Å². The molecule has 118 valence electrons. The van der Waals surface area contributed by atoms with Crippen LogP contribution >= 0.6 is 12.2 Å². The third-order valence-corrected chi connectivity index (χ3v) is 3.91. The number of benzene rings is 1. The van der Waals surface area contributed by atoms with E-state index in [0.717, 1.165) is 23.4 Å². The van der Waals surface area contributed by atoms with Crippen LogP contribution < -0.4 is 10.7 Å². The van der Waals surface area contributed by atoms with Crippen molar-refractivity contribution in [3.05, 3.63) is 29.3 Å². The van der Waals surface area contributed by atoms with Crippen molar-refractivity contribution in [1.82, 2.24) is 5.43 Å². The molecule has 2 N–H and O–H groups in total. The van der Waals surface area contributed by atoms with E-state index in [0.29, 0.717) is 18.0 Å². The second-order valence-electron chi connectivity index (χ2n) is 6.80. The molecule has 1 aromatic rings. The van der Waals surface area contributed by atoms with E-state index >= 15 is 0 Å². The van der Waals surface area contributed by atoms with Crippen molar-refractivity contribution in [2.24, 2.45) is 10.5 Å². The van der Waals surface area contributed by atoms with Gasteiger partial charge in [-0.3, -0.25) is 10.2 Å². The predicted octanol–water partition coefficient (Wildman–Crippen LogP) is 3.73. The highest BCUT2D eigenvalue weighted by Gasteiger charge is 2.30. The number of thiocarbonyl (C=S) groups is 1. The van der Waals surface area contributed by atoms with Gasteiger partial charge >= 0.3 is 0 Å². The lowest BCUT2D eigenvalue weighted by Gasteiger charge is -2.29. The Labute approximate surface area is 137 Å². The fourth-order valence-electron chi connectivity index (χ4n) is 2.73.